The number of nitrogens with zero attached hydrogens (tertiary/aromatic N) is 2. The molecule has 32 heavy (non-hydrogen) atoms. The zero-order chi connectivity index (χ0) is 23.1. The van der Waals surface area contributed by atoms with Crippen molar-refractivity contribution in [2.24, 2.45) is 0 Å². The summed E-state index contributed by atoms with van der Waals surface area (Å²) in [6.45, 7) is 2.39. The SMILES string of the molecule is CCCCN(CP(=O)(O)O)C(=O)N1Cc2ccccc2CC1C(=O)OCc1ccccc1. The highest BCUT2D eigenvalue weighted by molar-refractivity contribution is 7.51. The Kier molecular flexibility index (Phi) is 8.07. The monoisotopic (exact) mass is 460 g/mol. The summed E-state index contributed by atoms with van der Waals surface area (Å²) in [6, 6.07) is 15.4. The molecule has 0 aliphatic carbocycles. The number of esters is 1. The summed E-state index contributed by atoms with van der Waals surface area (Å²) in [4.78, 5) is 47.9. The van der Waals surface area contributed by atoms with Gasteiger partial charge in [-0.1, -0.05) is 67.9 Å². The average Bonchev–Trinajstić information content (AvgIpc) is 2.78. The quantitative estimate of drug-likeness (QED) is 0.461. The summed E-state index contributed by atoms with van der Waals surface area (Å²) >= 11 is 0. The van der Waals surface area contributed by atoms with E-state index >= 15 is 0 Å². The predicted octanol–water partition coefficient (Wildman–Crippen LogP) is 3.51. The summed E-state index contributed by atoms with van der Waals surface area (Å²) in [5.74, 6) is -0.539. The van der Waals surface area contributed by atoms with Crippen LogP contribution < -0.4 is 0 Å². The third-order valence-electron chi connectivity index (χ3n) is 5.40. The lowest BCUT2D eigenvalue weighted by Gasteiger charge is -2.38. The maximum atomic E-state index is 13.4. The lowest BCUT2D eigenvalue weighted by molar-refractivity contribution is -0.151. The number of unbranched alkanes of at least 4 members (excludes halogenated alkanes) is 1. The third-order valence-corrected chi connectivity index (χ3v) is 6.11. The largest absolute Gasteiger partial charge is 0.459 e. The molecule has 2 amide bonds. The third kappa shape index (κ3) is 6.42. The van der Waals surface area contributed by atoms with E-state index in [2.05, 4.69) is 0 Å². The van der Waals surface area contributed by atoms with E-state index in [9.17, 15) is 23.9 Å². The van der Waals surface area contributed by atoms with Gasteiger partial charge in [-0.2, -0.15) is 0 Å². The van der Waals surface area contributed by atoms with E-state index in [4.69, 9.17) is 4.74 Å². The van der Waals surface area contributed by atoms with Crippen LogP contribution in [0.2, 0.25) is 0 Å². The van der Waals surface area contributed by atoms with Crippen molar-refractivity contribution in [1.29, 1.82) is 0 Å². The van der Waals surface area contributed by atoms with Gasteiger partial charge in [-0.05, 0) is 23.1 Å². The summed E-state index contributed by atoms with van der Waals surface area (Å²) in [5.41, 5.74) is 2.69. The Morgan fingerprint density at radius 2 is 1.75 bits per heavy atom. The van der Waals surface area contributed by atoms with E-state index in [1.807, 2.05) is 61.5 Å². The lowest BCUT2D eigenvalue weighted by Crippen LogP contribution is -2.54. The van der Waals surface area contributed by atoms with E-state index < -0.39 is 31.9 Å². The van der Waals surface area contributed by atoms with Crippen LogP contribution in [0.1, 0.15) is 36.5 Å². The first-order valence-corrected chi connectivity index (χ1v) is 12.5. The molecule has 1 atom stereocenters. The second kappa shape index (κ2) is 10.8. The van der Waals surface area contributed by atoms with Crippen molar-refractivity contribution in [3.8, 4) is 0 Å². The molecular formula is C23H29N2O6P. The molecule has 0 radical (unpaired) electrons. The molecule has 1 aliphatic heterocycles. The highest BCUT2D eigenvalue weighted by Crippen LogP contribution is 2.36. The molecule has 2 aromatic carbocycles. The minimum Gasteiger partial charge on any atom is -0.459 e. The minimum atomic E-state index is -4.47. The first-order valence-electron chi connectivity index (χ1n) is 10.7. The number of amides is 2. The highest BCUT2D eigenvalue weighted by Gasteiger charge is 2.38. The molecule has 3 rings (SSSR count). The summed E-state index contributed by atoms with van der Waals surface area (Å²) in [5, 5.41) is 0. The highest BCUT2D eigenvalue weighted by atomic mass is 31.2. The smallest absolute Gasteiger partial charge is 0.344 e. The van der Waals surface area contributed by atoms with E-state index in [1.165, 1.54) is 4.90 Å². The number of benzene rings is 2. The van der Waals surface area contributed by atoms with E-state index in [1.54, 1.807) is 0 Å². The first-order chi connectivity index (χ1) is 15.3. The van der Waals surface area contributed by atoms with Crippen molar-refractivity contribution in [1.82, 2.24) is 9.80 Å². The number of hydrogen-bond acceptors (Lipinski definition) is 4. The molecule has 9 heteroatoms. The second-order valence-electron chi connectivity index (χ2n) is 7.92. The Hall–Kier alpha value is -2.67. The molecule has 1 heterocycles. The van der Waals surface area contributed by atoms with Crippen LogP contribution in [0.4, 0.5) is 4.79 Å². The van der Waals surface area contributed by atoms with Crippen molar-refractivity contribution in [2.45, 2.75) is 45.4 Å². The standard InChI is InChI=1S/C23H29N2O6P/c1-2-3-13-24(17-32(28,29)30)23(27)25-15-20-12-8-7-11-19(20)14-21(25)22(26)31-16-18-9-5-4-6-10-18/h4-12,21H,2-3,13-17H2,1H3,(H2,28,29,30). The predicted molar refractivity (Wildman–Crippen MR) is 120 cm³/mol. The van der Waals surface area contributed by atoms with Gasteiger partial charge in [0.25, 0.3) is 0 Å². The van der Waals surface area contributed by atoms with Crippen molar-refractivity contribution < 1.29 is 28.7 Å². The first kappa shape index (κ1) is 24.0. The Labute approximate surface area is 188 Å². The molecule has 2 aromatic rings. The zero-order valence-corrected chi connectivity index (χ0v) is 19.0. The van der Waals surface area contributed by atoms with Crippen molar-refractivity contribution in [3.63, 3.8) is 0 Å². The Morgan fingerprint density at radius 1 is 1.09 bits per heavy atom. The van der Waals surface area contributed by atoms with E-state index in [0.717, 1.165) is 28.0 Å². The molecule has 0 saturated heterocycles. The molecule has 0 bridgehead atoms. The minimum absolute atomic E-state index is 0.0852. The van der Waals surface area contributed by atoms with Crippen LogP contribution in [0, 0.1) is 0 Å². The van der Waals surface area contributed by atoms with Crippen LogP contribution in [-0.2, 0) is 33.7 Å². The lowest BCUT2D eigenvalue weighted by atomic mass is 9.94. The molecular weight excluding hydrogens is 431 g/mol. The summed E-state index contributed by atoms with van der Waals surface area (Å²) in [6.07, 6.45) is 0.957. The number of fused-ring (bicyclic) bond motifs is 1. The Balaban J connectivity index is 1.83. The van der Waals surface area contributed by atoms with E-state index in [0.29, 0.717) is 6.42 Å². The number of carbonyl (C=O) groups is 2. The van der Waals surface area contributed by atoms with Crippen molar-refractivity contribution in [3.05, 3.63) is 71.3 Å². The fourth-order valence-electron chi connectivity index (χ4n) is 3.74. The number of urea groups is 1. The van der Waals surface area contributed by atoms with Gasteiger partial charge in [-0.15, -0.1) is 0 Å². The molecule has 8 nitrogen and oxygen atoms in total. The topological polar surface area (TPSA) is 107 Å². The molecule has 0 spiro atoms. The van der Waals surface area contributed by atoms with Crippen LogP contribution >= 0.6 is 7.60 Å². The maximum Gasteiger partial charge on any atom is 0.344 e. The molecule has 172 valence electrons. The van der Waals surface area contributed by atoms with Crippen LogP contribution in [0.25, 0.3) is 0 Å². The van der Waals surface area contributed by atoms with Crippen LogP contribution in [0.5, 0.6) is 0 Å². The fraction of sp³-hybridized carbons (Fsp3) is 0.391. The number of carbonyl (C=O) groups excluding carboxylic acids is 2. The van der Waals surface area contributed by atoms with Crippen LogP contribution in [0.3, 0.4) is 0 Å². The van der Waals surface area contributed by atoms with E-state index in [-0.39, 0.29) is 26.1 Å². The molecule has 2 N–H and O–H groups in total. The maximum absolute atomic E-state index is 13.4. The Morgan fingerprint density at radius 3 is 2.41 bits per heavy atom. The van der Waals surface area contributed by atoms with Gasteiger partial charge in [0.05, 0.1) is 0 Å². The van der Waals surface area contributed by atoms with Gasteiger partial charge in [0.15, 0.2) is 0 Å². The molecule has 0 saturated carbocycles. The summed E-state index contributed by atoms with van der Waals surface area (Å²) in [7, 11) is -4.47. The summed E-state index contributed by atoms with van der Waals surface area (Å²) < 4.78 is 17.2. The Bertz CT molecular complexity index is 977. The van der Waals surface area contributed by atoms with Gasteiger partial charge in [-0.3, -0.25) is 4.57 Å². The van der Waals surface area contributed by atoms with Gasteiger partial charge in [0, 0.05) is 19.5 Å². The molecule has 1 unspecified atom stereocenters. The van der Waals surface area contributed by atoms with Crippen molar-refractivity contribution >= 4 is 19.6 Å². The van der Waals surface area contributed by atoms with Crippen LogP contribution in [0.15, 0.2) is 54.6 Å². The number of ether oxygens (including phenoxy) is 1. The molecule has 0 fully saturated rings. The van der Waals surface area contributed by atoms with Crippen LogP contribution in [-0.4, -0.2) is 50.5 Å². The fourth-order valence-corrected chi connectivity index (χ4v) is 4.45. The number of hydrogen-bond donors (Lipinski definition) is 2. The average molecular weight is 460 g/mol. The van der Waals surface area contributed by atoms with Gasteiger partial charge in [-0.25, -0.2) is 9.59 Å². The van der Waals surface area contributed by atoms with Gasteiger partial charge in [0.2, 0.25) is 0 Å². The second-order valence-corrected chi connectivity index (χ2v) is 9.53. The molecule has 0 aromatic heterocycles. The number of rotatable bonds is 8. The zero-order valence-electron chi connectivity index (χ0n) is 18.1. The van der Waals surface area contributed by atoms with Gasteiger partial charge < -0.3 is 24.3 Å². The van der Waals surface area contributed by atoms with Gasteiger partial charge in [0.1, 0.15) is 18.9 Å². The van der Waals surface area contributed by atoms with Crippen molar-refractivity contribution in [2.75, 3.05) is 12.8 Å². The normalized spacial score (nSPS) is 15.7. The van der Waals surface area contributed by atoms with Gasteiger partial charge >= 0.3 is 19.6 Å². The molecule has 1 aliphatic rings.